The van der Waals surface area contributed by atoms with Gasteiger partial charge in [0.2, 0.25) is 0 Å². The third-order valence-electron chi connectivity index (χ3n) is 2.90. The Labute approximate surface area is 165 Å². The average Bonchev–Trinajstić information content (AvgIpc) is 2.58. The molecule has 0 saturated heterocycles. The van der Waals surface area contributed by atoms with Crippen LogP contribution >= 0.6 is 45.7 Å². The number of hydrogen-bond acceptors (Lipinski definition) is 5. The van der Waals surface area contributed by atoms with Crippen LogP contribution in [0.15, 0.2) is 46.9 Å². The lowest BCUT2D eigenvalue weighted by atomic mass is 10.3. The number of halogens is 2. The predicted octanol–water partition coefficient (Wildman–Crippen LogP) is 7.56. The van der Waals surface area contributed by atoms with Crippen molar-refractivity contribution in [3.63, 3.8) is 0 Å². The maximum Gasteiger partial charge on any atom is 0.440 e. The lowest BCUT2D eigenvalue weighted by molar-refractivity contribution is 0.295. The van der Waals surface area contributed by atoms with E-state index in [-0.39, 0.29) is 0 Å². The zero-order chi connectivity index (χ0) is 18.3. The van der Waals surface area contributed by atoms with E-state index < -0.39 is 6.80 Å². The highest BCUT2D eigenvalue weighted by Crippen LogP contribution is 2.61. The fourth-order valence-corrected chi connectivity index (χ4v) is 5.98. The highest BCUT2D eigenvalue weighted by atomic mass is 79.9. The van der Waals surface area contributed by atoms with Gasteiger partial charge in [-0.2, -0.15) is 0 Å². The molecule has 0 bridgehead atoms. The van der Waals surface area contributed by atoms with Gasteiger partial charge in [0, 0.05) is 10.8 Å². The molecule has 0 amide bonds. The summed E-state index contributed by atoms with van der Waals surface area (Å²) in [5, 5.41) is 0.647. The van der Waals surface area contributed by atoms with E-state index in [2.05, 4.69) is 15.9 Å². The molecule has 0 fully saturated rings. The second kappa shape index (κ2) is 9.89. The maximum absolute atomic E-state index is 12.8. The van der Waals surface area contributed by atoms with Crippen molar-refractivity contribution in [2.45, 2.75) is 20.3 Å². The monoisotopic (exact) mass is 464 g/mol. The minimum absolute atomic E-state index is 0.323. The van der Waals surface area contributed by atoms with E-state index in [9.17, 15) is 4.57 Å². The van der Waals surface area contributed by atoms with Crippen LogP contribution in [0.3, 0.4) is 0 Å². The molecule has 0 N–H and O–H groups in total. The first-order valence-corrected chi connectivity index (χ1v) is 12.1. The molecule has 4 nitrogen and oxygen atoms in total. The molecular weight excluding hydrogens is 447 g/mol. The van der Waals surface area contributed by atoms with Gasteiger partial charge in [0.15, 0.2) is 0 Å². The summed E-state index contributed by atoms with van der Waals surface area (Å²) in [4.78, 5) is 0. The molecule has 1 unspecified atom stereocenters. The summed E-state index contributed by atoms with van der Waals surface area (Å²) in [7, 11) is 0. The molecular formula is C17H19BrClO4PS. The number of benzene rings is 2. The van der Waals surface area contributed by atoms with Gasteiger partial charge < -0.3 is 9.26 Å². The van der Waals surface area contributed by atoms with E-state index in [1.165, 1.54) is 11.4 Å². The third kappa shape index (κ3) is 6.54. The Balaban J connectivity index is 2.12. The van der Waals surface area contributed by atoms with E-state index in [0.29, 0.717) is 39.1 Å². The molecule has 0 aliphatic heterocycles. The SMILES string of the molecule is CCCSP(=O)(OCC)Oc1ccc(Oc2ccc(Cl)cc2)cc1Br. The van der Waals surface area contributed by atoms with Gasteiger partial charge in [-0.25, -0.2) is 4.57 Å². The molecule has 0 aromatic heterocycles. The largest absolute Gasteiger partial charge is 0.457 e. The molecule has 0 saturated carbocycles. The van der Waals surface area contributed by atoms with Crippen LogP contribution in [0.25, 0.3) is 0 Å². The van der Waals surface area contributed by atoms with Gasteiger partial charge in [0.25, 0.3) is 0 Å². The summed E-state index contributed by atoms with van der Waals surface area (Å²) >= 11 is 10.5. The van der Waals surface area contributed by atoms with Gasteiger partial charge in [-0.1, -0.05) is 18.5 Å². The summed E-state index contributed by atoms with van der Waals surface area (Å²) in [6.07, 6.45) is 0.889. The number of rotatable bonds is 9. The standard InChI is InChI=1S/C17H19BrClO4PS/c1-3-11-25-24(20,21-4-2)23-17-10-9-15(12-16(17)18)22-14-7-5-13(19)6-8-14/h5-10,12H,3-4,11H2,1-2H3. The zero-order valence-electron chi connectivity index (χ0n) is 13.9. The molecule has 136 valence electrons. The first kappa shape index (κ1) is 20.7. The Kier molecular flexibility index (Phi) is 8.17. The van der Waals surface area contributed by atoms with Crippen molar-refractivity contribution in [1.29, 1.82) is 0 Å². The molecule has 0 radical (unpaired) electrons. The van der Waals surface area contributed by atoms with Crippen molar-refractivity contribution in [1.82, 2.24) is 0 Å². The van der Waals surface area contributed by atoms with Crippen molar-refractivity contribution in [2.24, 2.45) is 0 Å². The van der Waals surface area contributed by atoms with Crippen LogP contribution < -0.4 is 9.26 Å². The topological polar surface area (TPSA) is 44.8 Å². The first-order chi connectivity index (χ1) is 12.0. The van der Waals surface area contributed by atoms with Crippen LogP contribution in [0.4, 0.5) is 0 Å². The molecule has 1 atom stereocenters. The molecule has 8 heteroatoms. The highest BCUT2D eigenvalue weighted by molar-refractivity contribution is 9.10. The van der Waals surface area contributed by atoms with E-state index in [4.69, 9.17) is 25.4 Å². The normalized spacial score (nSPS) is 13.3. The second-order valence-corrected chi connectivity index (χ2v) is 10.3. The van der Waals surface area contributed by atoms with E-state index >= 15 is 0 Å². The molecule has 2 aromatic carbocycles. The summed E-state index contributed by atoms with van der Waals surface area (Å²) < 4.78 is 30.2. The molecule has 0 spiro atoms. The van der Waals surface area contributed by atoms with Gasteiger partial charge in [-0.15, -0.1) is 0 Å². The van der Waals surface area contributed by atoms with Crippen molar-refractivity contribution < 1.29 is 18.3 Å². The Morgan fingerprint density at radius 2 is 1.80 bits per heavy atom. The summed E-state index contributed by atoms with van der Waals surface area (Å²) in [5.41, 5.74) is 0. The van der Waals surface area contributed by atoms with Crippen molar-refractivity contribution in [3.05, 3.63) is 52.0 Å². The molecule has 0 aliphatic carbocycles. The van der Waals surface area contributed by atoms with E-state index in [1.54, 1.807) is 49.4 Å². The Morgan fingerprint density at radius 3 is 2.40 bits per heavy atom. The summed E-state index contributed by atoms with van der Waals surface area (Å²) in [6.45, 7) is 0.890. The summed E-state index contributed by atoms with van der Waals surface area (Å²) in [5.74, 6) is 2.44. The second-order valence-electron chi connectivity index (χ2n) is 4.94. The third-order valence-corrected chi connectivity index (χ3v) is 7.71. The van der Waals surface area contributed by atoms with Gasteiger partial charge in [0.05, 0.1) is 11.1 Å². The molecule has 25 heavy (non-hydrogen) atoms. The van der Waals surface area contributed by atoms with Crippen LogP contribution in [-0.2, 0) is 9.09 Å². The van der Waals surface area contributed by atoms with Gasteiger partial charge in [-0.3, -0.25) is 4.52 Å². The van der Waals surface area contributed by atoms with Crippen LogP contribution in [0.2, 0.25) is 5.02 Å². The smallest absolute Gasteiger partial charge is 0.440 e. The Hall–Kier alpha value is -0.650. The van der Waals surface area contributed by atoms with E-state index in [0.717, 1.165) is 6.42 Å². The first-order valence-electron chi connectivity index (χ1n) is 7.77. The Bertz CT molecular complexity index is 742. The molecule has 0 aliphatic rings. The minimum Gasteiger partial charge on any atom is -0.457 e. The maximum atomic E-state index is 12.8. The highest BCUT2D eigenvalue weighted by Gasteiger charge is 2.27. The number of hydrogen-bond donors (Lipinski definition) is 0. The summed E-state index contributed by atoms with van der Waals surface area (Å²) in [6, 6.07) is 12.3. The lowest BCUT2D eigenvalue weighted by Gasteiger charge is -2.18. The zero-order valence-corrected chi connectivity index (χ0v) is 18.0. The fraction of sp³-hybridized carbons (Fsp3) is 0.294. The molecule has 0 heterocycles. The molecule has 2 aromatic rings. The predicted molar refractivity (Wildman–Crippen MR) is 108 cm³/mol. The van der Waals surface area contributed by atoms with Gasteiger partial charge in [0.1, 0.15) is 17.2 Å². The quantitative estimate of drug-likeness (QED) is 0.357. The van der Waals surface area contributed by atoms with E-state index in [1.807, 2.05) is 6.92 Å². The van der Waals surface area contributed by atoms with Crippen molar-refractivity contribution in [3.8, 4) is 17.2 Å². The average molecular weight is 466 g/mol. The van der Waals surface area contributed by atoms with Gasteiger partial charge >= 0.3 is 6.80 Å². The number of ether oxygens (including phenoxy) is 1. The van der Waals surface area contributed by atoms with Crippen LogP contribution in [0, 0.1) is 0 Å². The van der Waals surface area contributed by atoms with Crippen molar-refractivity contribution in [2.75, 3.05) is 12.4 Å². The lowest BCUT2D eigenvalue weighted by Crippen LogP contribution is -1.97. The Morgan fingerprint density at radius 1 is 1.12 bits per heavy atom. The van der Waals surface area contributed by atoms with Crippen molar-refractivity contribution >= 4 is 45.7 Å². The van der Waals surface area contributed by atoms with Crippen LogP contribution in [-0.4, -0.2) is 12.4 Å². The molecule has 2 rings (SSSR count). The fourth-order valence-electron chi connectivity index (χ4n) is 1.83. The minimum atomic E-state index is -3.24. The van der Waals surface area contributed by atoms with Crippen LogP contribution in [0.1, 0.15) is 20.3 Å². The van der Waals surface area contributed by atoms with Gasteiger partial charge in [-0.05, 0) is 83.1 Å². The van der Waals surface area contributed by atoms with Crippen LogP contribution in [0.5, 0.6) is 17.2 Å².